The molecule has 0 aromatic heterocycles. The zero-order valence-corrected chi connectivity index (χ0v) is 10.3. The Morgan fingerprint density at radius 3 is 2.30 bits per heavy atom. The number of carbonyl (C=O) groups is 2. The van der Waals surface area contributed by atoms with Gasteiger partial charge in [0.15, 0.2) is 0 Å². The second-order valence-electron chi connectivity index (χ2n) is 4.34. The minimum absolute atomic E-state index is 0.662. The molecule has 0 spiro atoms. The molecule has 1 fully saturated rings. The highest BCUT2D eigenvalue weighted by molar-refractivity contribution is 5.81. The summed E-state index contributed by atoms with van der Waals surface area (Å²) in [5.41, 5.74) is 5.13. The molecular weight excluding hydrogens is 278 g/mol. The van der Waals surface area contributed by atoms with Gasteiger partial charge in [-0.05, 0) is 0 Å². The number of carboxylic acid groups (broad SMARTS) is 1. The van der Waals surface area contributed by atoms with E-state index in [1.54, 1.807) is 0 Å². The highest BCUT2D eigenvalue weighted by Gasteiger charge is 2.45. The van der Waals surface area contributed by atoms with Gasteiger partial charge in [0.1, 0.15) is 30.5 Å². The van der Waals surface area contributed by atoms with Crippen LogP contribution in [0.3, 0.4) is 0 Å². The smallest absolute Gasteiger partial charge is 0.321 e. The average molecular weight is 295 g/mol. The van der Waals surface area contributed by atoms with Crippen LogP contribution in [-0.2, 0) is 19.1 Å². The Morgan fingerprint density at radius 2 is 1.80 bits per heavy atom. The van der Waals surface area contributed by atoms with Crippen LogP contribution in [0.25, 0.3) is 0 Å². The van der Waals surface area contributed by atoms with E-state index in [4.69, 9.17) is 20.7 Å². The predicted molar refractivity (Wildman–Crippen MR) is 60.1 cm³/mol. The van der Waals surface area contributed by atoms with Crippen molar-refractivity contribution in [3.05, 3.63) is 0 Å². The quantitative estimate of drug-likeness (QED) is 0.275. The van der Waals surface area contributed by atoms with Gasteiger partial charge in [-0.1, -0.05) is 0 Å². The normalized spacial score (nSPS) is 35.4. The van der Waals surface area contributed by atoms with E-state index in [2.05, 4.69) is 4.74 Å². The van der Waals surface area contributed by atoms with E-state index in [0.717, 1.165) is 0 Å². The van der Waals surface area contributed by atoms with Crippen LogP contribution in [0.15, 0.2) is 0 Å². The van der Waals surface area contributed by atoms with Crippen molar-refractivity contribution in [2.45, 2.75) is 43.2 Å². The third-order valence-corrected chi connectivity index (χ3v) is 2.80. The number of rotatable bonds is 5. The van der Waals surface area contributed by atoms with Gasteiger partial charge >= 0.3 is 11.9 Å². The summed E-state index contributed by atoms with van der Waals surface area (Å²) in [5.74, 6) is -2.47. The second kappa shape index (κ2) is 6.92. The molecule has 1 rings (SSSR count). The van der Waals surface area contributed by atoms with E-state index in [1.807, 2.05) is 0 Å². The molecule has 0 bridgehead atoms. The molecule has 1 heterocycles. The maximum atomic E-state index is 11.4. The van der Waals surface area contributed by atoms with Crippen molar-refractivity contribution in [1.29, 1.82) is 0 Å². The molecular formula is C10H17NO9. The lowest BCUT2D eigenvalue weighted by Crippen LogP contribution is -2.59. The van der Waals surface area contributed by atoms with Crippen LogP contribution in [0.1, 0.15) is 6.42 Å². The fourth-order valence-corrected chi connectivity index (χ4v) is 1.61. The van der Waals surface area contributed by atoms with Gasteiger partial charge in [-0.25, -0.2) is 0 Å². The lowest BCUT2D eigenvalue weighted by Gasteiger charge is -2.39. The molecule has 7 N–H and O–H groups in total. The predicted octanol–water partition coefficient (Wildman–Crippen LogP) is -3.87. The van der Waals surface area contributed by atoms with Gasteiger partial charge in [0.2, 0.25) is 6.29 Å². The summed E-state index contributed by atoms with van der Waals surface area (Å²) in [4.78, 5) is 21.9. The van der Waals surface area contributed by atoms with Crippen molar-refractivity contribution in [1.82, 2.24) is 0 Å². The minimum atomic E-state index is -1.74. The summed E-state index contributed by atoms with van der Waals surface area (Å²) in [6, 6.07) is -1.48. The number of hydrogen-bond acceptors (Lipinski definition) is 9. The molecule has 116 valence electrons. The van der Waals surface area contributed by atoms with Gasteiger partial charge in [-0.2, -0.15) is 0 Å². The molecule has 6 atom stereocenters. The van der Waals surface area contributed by atoms with Crippen molar-refractivity contribution in [3.8, 4) is 0 Å². The molecule has 1 aliphatic heterocycles. The van der Waals surface area contributed by atoms with Crippen LogP contribution in [0, 0.1) is 0 Å². The first kappa shape index (κ1) is 16.8. The molecule has 20 heavy (non-hydrogen) atoms. The Labute approximate surface area is 113 Å². The summed E-state index contributed by atoms with van der Waals surface area (Å²) < 4.78 is 9.54. The first-order valence-electron chi connectivity index (χ1n) is 5.76. The van der Waals surface area contributed by atoms with Gasteiger partial charge in [-0.15, -0.1) is 0 Å². The van der Waals surface area contributed by atoms with Crippen LogP contribution in [0.2, 0.25) is 0 Å². The van der Waals surface area contributed by atoms with Crippen LogP contribution < -0.4 is 5.73 Å². The fourth-order valence-electron chi connectivity index (χ4n) is 1.61. The molecule has 0 aromatic carbocycles. The molecule has 1 aliphatic rings. The summed E-state index contributed by atoms with van der Waals surface area (Å²) in [7, 11) is 0. The molecule has 10 nitrogen and oxygen atoms in total. The van der Waals surface area contributed by atoms with Crippen LogP contribution in [-0.4, -0.2) is 80.8 Å². The molecule has 0 saturated carbocycles. The summed E-state index contributed by atoms with van der Waals surface area (Å²) in [6.07, 6.45) is -8.53. The minimum Gasteiger partial charge on any atom is -0.480 e. The molecule has 1 saturated heterocycles. The lowest BCUT2D eigenvalue weighted by atomic mass is 9.99. The number of ether oxygens (including phenoxy) is 2. The number of aliphatic hydroxyl groups is 4. The molecule has 0 unspecified atom stereocenters. The SMILES string of the molecule is N[C@@H](CC(=O)O[C@@H]1O[C@H](CO)[C@@H](O)[C@H](O)[C@H]1O)C(=O)O. The van der Waals surface area contributed by atoms with Crippen LogP contribution in [0.5, 0.6) is 0 Å². The van der Waals surface area contributed by atoms with Crippen molar-refractivity contribution >= 4 is 11.9 Å². The molecule has 0 aliphatic carbocycles. The van der Waals surface area contributed by atoms with Crippen LogP contribution >= 0.6 is 0 Å². The maximum absolute atomic E-state index is 11.4. The standard InChI is InChI=1S/C10H17NO9/c11-3(9(17)18)1-5(13)20-10-8(16)7(15)6(14)4(2-12)19-10/h3-4,6-8,10,12,14-16H,1-2,11H2,(H,17,18)/t3-,4+,6+,7-,8+,10-/m0/s1. The number of hydrogen-bond donors (Lipinski definition) is 6. The zero-order chi connectivity index (χ0) is 15.4. The zero-order valence-electron chi connectivity index (χ0n) is 10.3. The Morgan fingerprint density at radius 1 is 1.20 bits per heavy atom. The Kier molecular flexibility index (Phi) is 5.80. The lowest BCUT2D eigenvalue weighted by molar-refractivity contribution is -0.292. The monoisotopic (exact) mass is 295 g/mol. The highest BCUT2D eigenvalue weighted by atomic mass is 16.7. The Hall–Kier alpha value is -1.30. The van der Waals surface area contributed by atoms with Crippen molar-refractivity contribution in [3.63, 3.8) is 0 Å². The summed E-state index contributed by atoms with van der Waals surface area (Å²) >= 11 is 0. The van der Waals surface area contributed by atoms with E-state index < -0.39 is 61.7 Å². The van der Waals surface area contributed by atoms with Gasteiger partial charge in [0.05, 0.1) is 13.0 Å². The van der Waals surface area contributed by atoms with Crippen molar-refractivity contribution in [2.24, 2.45) is 5.73 Å². The van der Waals surface area contributed by atoms with Gasteiger partial charge in [0.25, 0.3) is 0 Å². The van der Waals surface area contributed by atoms with Gasteiger partial charge < -0.3 is 40.7 Å². The van der Waals surface area contributed by atoms with E-state index in [-0.39, 0.29) is 0 Å². The third-order valence-electron chi connectivity index (χ3n) is 2.80. The van der Waals surface area contributed by atoms with E-state index in [1.165, 1.54) is 0 Å². The Bertz CT molecular complexity index is 361. The van der Waals surface area contributed by atoms with E-state index >= 15 is 0 Å². The first-order valence-corrected chi connectivity index (χ1v) is 5.76. The van der Waals surface area contributed by atoms with Gasteiger partial charge in [0, 0.05) is 0 Å². The van der Waals surface area contributed by atoms with Crippen molar-refractivity contribution in [2.75, 3.05) is 6.61 Å². The molecule has 0 amide bonds. The third kappa shape index (κ3) is 3.85. The molecule has 0 radical (unpaired) electrons. The number of carbonyl (C=O) groups excluding carboxylic acids is 1. The second-order valence-corrected chi connectivity index (χ2v) is 4.34. The largest absolute Gasteiger partial charge is 0.480 e. The first-order chi connectivity index (χ1) is 9.27. The highest BCUT2D eigenvalue weighted by Crippen LogP contribution is 2.22. The summed E-state index contributed by atoms with van der Waals surface area (Å²) in [5, 5.41) is 46.0. The molecule has 0 aromatic rings. The summed E-state index contributed by atoms with van der Waals surface area (Å²) in [6.45, 7) is -0.673. The number of nitrogens with two attached hydrogens (primary N) is 1. The van der Waals surface area contributed by atoms with E-state index in [0.29, 0.717) is 0 Å². The van der Waals surface area contributed by atoms with Crippen molar-refractivity contribution < 1.29 is 44.6 Å². The maximum Gasteiger partial charge on any atom is 0.321 e. The number of carboxylic acids is 1. The number of aliphatic carboxylic acids is 1. The van der Waals surface area contributed by atoms with Crippen LogP contribution in [0.4, 0.5) is 0 Å². The number of esters is 1. The average Bonchev–Trinajstić information content (AvgIpc) is 2.39. The van der Waals surface area contributed by atoms with E-state index in [9.17, 15) is 24.9 Å². The van der Waals surface area contributed by atoms with Gasteiger partial charge in [-0.3, -0.25) is 9.59 Å². The topological polar surface area (TPSA) is 180 Å². The molecule has 10 heteroatoms. The fraction of sp³-hybridized carbons (Fsp3) is 0.800. The number of aliphatic hydroxyl groups excluding tert-OH is 4. The Balaban J connectivity index is 2.61.